The Labute approximate surface area is 107 Å². The third-order valence-corrected chi connectivity index (χ3v) is 4.16. The van der Waals surface area contributed by atoms with Gasteiger partial charge in [0, 0.05) is 30.6 Å². The first-order valence-electron chi connectivity index (χ1n) is 5.95. The minimum Gasteiger partial charge on any atom is -0.495 e. The highest BCUT2D eigenvalue weighted by Gasteiger charge is 2.16. The van der Waals surface area contributed by atoms with Crippen LogP contribution in [0.1, 0.15) is 12.5 Å². The van der Waals surface area contributed by atoms with Gasteiger partial charge in [0.2, 0.25) is 0 Å². The van der Waals surface area contributed by atoms with Crippen LogP contribution in [0.5, 0.6) is 5.75 Å². The molecule has 0 bridgehead atoms. The summed E-state index contributed by atoms with van der Waals surface area (Å²) in [7, 11) is 1.65. The van der Waals surface area contributed by atoms with E-state index in [2.05, 4.69) is 29.7 Å². The van der Waals surface area contributed by atoms with E-state index in [9.17, 15) is 0 Å². The number of thioether (sulfide) groups is 1. The Bertz CT molecular complexity index is 384. The zero-order valence-corrected chi connectivity index (χ0v) is 11.3. The molecular formula is C13H20N2OS. The smallest absolute Gasteiger partial charge is 0.141 e. The number of methoxy groups -OCH3 is 1. The van der Waals surface area contributed by atoms with Gasteiger partial charge in [-0.1, -0.05) is 13.0 Å². The molecular weight excluding hydrogens is 232 g/mol. The molecule has 0 amide bonds. The second-order valence-electron chi connectivity index (χ2n) is 4.49. The van der Waals surface area contributed by atoms with Gasteiger partial charge in [0.25, 0.3) is 0 Å². The van der Waals surface area contributed by atoms with Crippen molar-refractivity contribution in [2.45, 2.75) is 18.7 Å². The molecule has 1 aliphatic heterocycles. The summed E-state index contributed by atoms with van der Waals surface area (Å²) in [6, 6.07) is 6.07. The average molecular weight is 252 g/mol. The quantitative estimate of drug-likeness (QED) is 0.837. The Hall–Kier alpha value is -0.870. The first kappa shape index (κ1) is 12.6. The molecule has 1 atom stereocenters. The Balaban J connectivity index is 2.00. The number of hydrogen-bond acceptors (Lipinski definition) is 4. The molecule has 17 heavy (non-hydrogen) atoms. The summed E-state index contributed by atoms with van der Waals surface area (Å²) in [5.41, 5.74) is 7.91. The van der Waals surface area contributed by atoms with Gasteiger partial charge >= 0.3 is 0 Å². The van der Waals surface area contributed by atoms with Gasteiger partial charge in [0.05, 0.1) is 12.8 Å². The number of nitrogens with two attached hydrogens (primary N) is 1. The van der Waals surface area contributed by atoms with Gasteiger partial charge in [-0.2, -0.15) is 11.8 Å². The van der Waals surface area contributed by atoms with Crippen LogP contribution in [-0.2, 0) is 6.54 Å². The molecule has 0 saturated carbocycles. The molecule has 94 valence electrons. The molecule has 1 aliphatic rings. The van der Waals surface area contributed by atoms with E-state index in [0.717, 1.165) is 29.8 Å². The van der Waals surface area contributed by atoms with Gasteiger partial charge in [-0.15, -0.1) is 0 Å². The van der Waals surface area contributed by atoms with Gasteiger partial charge in [0.15, 0.2) is 0 Å². The summed E-state index contributed by atoms with van der Waals surface area (Å²) in [5.74, 6) is 1.99. The normalized spacial score (nSPS) is 21.4. The molecule has 1 unspecified atom stereocenters. The fourth-order valence-corrected chi connectivity index (χ4v) is 3.26. The van der Waals surface area contributed by atoms with Crippen LogP contribution in [-0.4, -0.2) is 36.1 Å². The van der Waals surface area contributed by atoms with Gasteiger partial charge < -0.3 is 10.5 Å². The van der Waals surface area contributed by atoms with Crippen molar-refractivity contribution >= 4 is 17.4 Å². The van der Waals surface area contributed by atoms with E-state index in [-0.39, 0.29) is 0 Å². The number of benzene rings is 1. The molecule has 0 spiro atoms. The fraction of sp³-hybridized carbons (Fsp3) is 0.538. The predicted octanol–water partition coefficient (Wildman–Crippen LogP) is 2.21. The third-order valence-electron chi connectivity index (χ3n) is 3.03. The van der Waals surface area contributed by atoms with Crippen molar-refractivity contribution in [2.75, 3.05) is 31.7 Å². The summed E-state index contributed by atoms with van der Waals surface area (Å²) >= 11 is 2.06. The van der Waals surface area contributed by atoms with E-state index < -0.39 is 0 Å². The van der Waals surface area contributed by atoms with Crippen molar-refractivity contribution in [3.8, 4) is 5.75 Å². The highest BCUT2D eigenvalue weighted by molar-refractivity contribution is 7.99. The molecule has 0 aromatic heterocycles. The number of rotatable bonds is 3. The molecule has 1 aromatic rings. The van der Waals surface area contributed by atoms with Crippen LogP contribution in [0.3, 0.4) is 0 Å². The van der Waals surface area contributed by atoms with Crippen molar-refractivity contribution in [3.63, 3.8) is 0 Å². The van der Waals surface area contributed by atoms with Crippen molar-refractivity contribution < 1.29 is 4.74 Å². The Morgan fingerprint density at radius 3 is 3.00 bits per heavy atom. The standard InChI is InChI=1S/C13H20N2OS/c1-10-8-15(5-6-17-10)9-11-3-4-13(16-2)12(14)7-11/h3-4,7,10H,5-6,8-9,14H2,1-2H3. The monoisotopic (exact) mass is 252 g/mol. The van der Waals surface area contributed by atoms with E-state index in [1.54, 1.807) is 7.11 Å². The second kappa shape index (κ2) is 5.65. The van der Waals surface area contributed by atoms with Crippen LogP contribution >= 0.6 is 11.8 Å². The third kappa shape index (κ3) is 3.30. The SMILES string of the molecule is COc1ccc(CN2CCSC(C)C2)cc1N. The average Bonchev–Trinajstić information content (AvgIpc) is 2.29. The van der Waals surface area contributed by atoms with E-state index in [1.165, 1.54) is 17.9 Å². The van der Waals surface area contributed by atoms with E-state index >= 15 is 0 Å². The Kier molecular flexibility index (Phi) is 4.18. The maximum absolute atomic E-state index is 5.92. The van der Waals surface area contributed by atoms with E-state index in [4.69, 9.17) is 10.5 Å². The summed E-state index contributed by atoms with van der Waals surface area (Å²) in [6.45, 7) is 5.61. The van der Waals surface area contributed by atoms with Gasteiger partial charge in [-0.05, 0) is 17.7 Å². The summed E-state index contributed by atoms with van der Waals surface area (Å²) in [5, 5.41) is 0.736. The van der Waals surface area contributed by atoms with E-state index in [0.29, 0.717) is 0 Å². The van der Waals surface area contributed by atoms with Crippen molar-refractivity contribution in [3.05, 3.63) is 23.8 Å². The maximum atomic E-state index is 5.92. The maximum Gasteiger partial charge on any atom is 0.141 e. The lowest BCUT2D eigenvalue weighted by molar-refractivity contribution is 0.278. The molecule has 0 radical (unpaired) electrons. The van der Waals surface area contributed by atoms with Gasteiger partial charge in [0.1, 0.15) is 5.75 Å². The van der Waals surface area contributed by atoms with E-state index in [1.807, 2.05) is 12.1 Å². The van der Waals surface area contributed by atoms with Crippen LogP contribution in [0.2, 0.25) is 0 Å². The Morgan fingerprint density at radius 2 is 2.35 bits per heavy atom. The summed E-state index contributed by atoms with van der Waals surface area (Å²) in [6.07, 6.45) is 0. The lowest BCUT2D eigenvalue weighted by Crippen LogP contribution is -2.36. The van der Waals surface area contributed by atoms with Crippen LogP contribution in [0.4, 0.5) is 5.69 Å². The highest BCUT2D eigenvalue weighted by Crippen LogP contribution is 2.24. The van der Waals surface area contributed by atoms with Crippen molar-refractivity contribution in [2.24, 2.45) is 0 Å². The zero-order valence-electron chi connectivity index (χ0n) is 10.5. The number of hydrogen-bond donors (Lipinski definition) is 1. The zero-order chi connectivity index (χ0) is 12.3. The molecule has 0 aliphatic carbocycles. The van der Waals surface area contributed by atoms with Crippen molar-refractivity contribution in [1.29, 1.82) is 0 Å². The number of nitrogen functional groups attached to an aromatic ring is 1. The molecule has 1 fully saturated rings. The molecule has 3 nitrogen and oxygen atoms in total. The highest BCUT2D eigenvalue weighted by atomic mass is 32.2. The minimum atomic E-state index is 0.726. The topological polar surface area (TPSA) is 38.5 Å². The molecule has 4 heteroatoms. The minimum absolute atomic E-state index is 0.726. The predicted molar refractivity (Wildman–Crippen MR) is 74.6 cm³/mol. The second-order valence-corrected chi connectivity index (χ2v) is 6.04. The lowest BCUT2D eigenvalue weighted by atomic mass is 10.1. The van der Waals surface area contributed by atoms with Crippen LogP contribution in [0, 0.1) is 0 Å². The lowest BCUT2D eigenvalue weighted by Gasteiger charge is -2.30. The van der Waals surface area contributed by atoms with Crippen LogP contribution in [0.15, 0.2) is 18.2 Å². The molecule has 1 aromatic carbocycles. The van der Waals surface area contributed by atoms with Crippen LogP contribution in [0.25, 0.3) is 0 Å². The Morgan fingerprint density at radius 1 is 1.53 bits per heavy atom. The summed E-state index contributed by atoms with van der Waals surface area (Å²) in [4.78, 5) is 2.49. The van der Waals surface area contributed by atoms with Gasteiger partial charge in [-0.3, -0.25) is 4.90 Å². The molecule has 2 N–H and O–H groups in total. The molecule has 1 heterocycles. The van der Waals surface area contributed by atoms with Gasteiger partial charge in [-0.25, -0.2) is 0 Å². The number of anilines is 1. The number of ether oxygens (including phenoxy) is 1. The fourth-order valence-electron chi connectivity index (χ4n) is 2.17. The largest absolute Gasteiger partial charge is 0.495 e. The summed E-state index contributed by atoms with van der Waals surface area (Å²) < 4.78 is 5.17. The molecule has 1 saturated heterocycles. The molecule has 2 rings (SSSR count). The number of nitrogens with zero attached hydrogens (tertiary/aromatic N) is 1. The first-order valence-corrected chi connectivity index (χ1v) is 7.00. The van der Waals surface area contributed by atoms with Crippen LogP contribution < -0.4 is 10.5 Å². The van der Waals surface area contributed by atoms with Crippen molar-refractivity contribution in [1.82, 2.24) is 4.90 Å². The first-order chi connectivity index (χ1) is 8.19.